The number of halogens is 1. The number of alkyl halides is 1. The predicted molar refractivity (Wildman–Crippen MR) is 54.8 cm³/mol. The van der Waals surface area contributed by atoms with Crippen molar-refractivity contribution < 1.29 is 0 Å². The molecular formula is C10H13ClS. The van der Waals surface area contributed by atoms with Gasteiger partial charge in [0.1, 0.15) is 0 Å². The first-order valence-electron chi connectivity index (χ1n) is 4.23. The maximum absolute atomic E-state index is 6.56. The molecule has 0 aromatic carbocycles. The highest BCUT2D eigenvalue weighted by Crippen LogP contribution is 2.71. The summed E-state index contributed by atoms with van der Waals surface area (Å²) in [5, 5.41) is 4.26. The molecule has 1 heterocycles. The third-order valence-corrected chi connectivity index (χ3v) is 5.19. The van der Waals surface area contributed by atoms with E-state index in [1.807, 2.05) is 0 Å². The lowest BCUT2D eigenvalue weighted by Crippen LogP contribution is -2.04. The van der Waals surface area contributed by atoms with Crippen molar-refractivity contribution in [3.63, 3.8) is 0 Å². The van der Waals surface area contributed by atoms with E-state index in [2.05, 4.69) is 37.6 Å². The minimum Gasteiger partial charge on any atom is -0.152 e. The van der Waals surface area contributed by atoms with Crippen LogP contribution in [0.1, 0.15) is 26.3 Å². The van der Waals surface area contributed by atoms with Gasteiger partial charge in [0.2, 0.25) is 0 Å². The fourth-order valence-corrected chi connectivity index (χ4v) is 3.33. The summed E-state index contributed by atoms with van der Waals surface area (Å²) in [4.78, 5) is -0.0903. The quantitative estimate of drug-likeness (QED) is 0.604. The first kappa shape index (κ1) is 8.58. The lowest BCUT2D eigenvalue weighted by Gasteiger charge is -2.09. The number of thiophene rings is 1. The van der Waals surface area contributed by atoms with Crippen LogP contribution in [0.15, 0.2) is 16.8 Å². The highest BCUT2D eigenvalue weighted by molar-refractivity contribution is 7.08. The van der Waals surface area contributed by atoms with Gasteiger partial charge in [0.15, 0.2) is 0 Å². The number of hydrogen-bond acceptors (Lipinski definition) is 1. The molecule has 1 aromatic rings. The molecule has 66 valence electrons. The van der Waals surface area contributed by atoms with Gasteiger partial charge in [-0.05, 0) is 33.7 Å². The molecule has 2 unspecified atom stereocenters. The monoisotopic (exact) mass is 200 g/mol. The van der Waals surface area contributed by atoms with E-state index in [0.717, 1.165) is 0 Å². The molecule has 1 aromatic heterocycles. The molecule has 12 heavy (non-hydrogen) atoms. The summed E-state index contributed by atoms with van der Waals surface area (Å²) in [6.07, 6.45) is 0. The van der Waals surface area contributed by atoms with Crippen LogP contribution in [0.4, 0.5) is 0 Å². The molecule has 1 fully saturated rings. The zero-order valence-electron chi connectivity index (χ0n) is 7.60. The molecule has 1 aliphatic rings. The Kier molecular flexibility index (Phi) is 1.62. The van der Waals surface area contributed by atoms with Gasteiger partial charge in [-0.15, -0.1) is 11.6 Å². The van der Waals surface area contributed by atoms with Gasteiger partial charge in [-0.25, -0.2) is 0 Å². The van der Waals surface area contributed by atoms with Crippen molar-refractivity contribution in [1.29, 1.82) is 0 Å². The van der Waals surface area contributed by atoms with Crippen molar-refractivity contribution in [2.45, 2.75) is 25.6 Å². The Morgan fingerprint density at radius 2 is 2.08 bits per heavy atom. The van der Waals surface area contributed by atoms with Crippen LogP contribution in [0.3, 0.4) is 0 Å². The van der Waals surface area contributed by atoms with E-state index >= 15 is 0 Å². The lowest BCUT2D eigenvalue weighted by molar-refractivity contribution is 0.564. The van der Waals surface area contributed by atoms with E-state index in [9.17, 15) is 0 Å². The standard InChI is InChI=1S/C10H13ClS/c1-7-9(2,3)10(7,11)8-4-5-12-6-8/h4-7H,1-3H3. The Labute approximate surface area is 82.6 Å². The second kappa shape index (κ2) is 2.27. The first-order chi connectivity index (χ1) is 5.51. The Bertz CT molecular complexity index is 289. The number of rotatable bonds is 1. The molecule has 0 aliphatic heterocycles. The normalized spacial score (nSPS) is 38.2. The molecule has 0 spiro atoms. The second-order valence-electron chi connectivity index (χ2n) is 4.17. The van der Waals surface area contributed by atoms with Gasteiger partial charge in [0.25, 0.3) is 0 Å². The Morgan fingerprint density at radius 1 is 1.50 bits per heavy atom. The van der Waals surface area contributed by atoms with Gasteiger partial charge in [0.05, 0.1) is 4.87 Å². The molecule has 0 amide bonds. The van der Waals surface area contributed by atoms with E-state index in [1.54, 1.807) is 11.3 Å². The molecule has 2 atom stereocenters. The minimum atomic E-state index is -0.0903. The summed E-state index contributed by atoms with van der Waals surface area (Å²) in [6, 6.07) is 2.14. The third-order valence-electron chi connectivity index (χ3n) is 3.47. The largest absolute Gasteiger partial charge is 0.152 e. The Hall–Kier alpha value is -0.0100. The van der Waals surface area contributed by atoms with Gasteiger partial charge in [-0.3, -0.25) is 0 Å². The highest BCUT2D eigenvalue weighted by atomic mass is 35.5. The molecular weight excluding hydrogens is 188 g/mol. The fourth-order valence-electron chi connectivity index (χ4n) is 2.05. The molecule has 2 heteroatoms. The van der Waals surface area contributed by atoms with E-state index in [1.165, 1.54) is 5.56 Å². The third kappa shape index (κ3) is 0.789. The maximum atomic E-state index is 6.56. The fraction of sp³-hybridized carbons (Fsp3) is 0.600. The SMILES string of the molecule is CC1C(C)(C)C1(Cl)c1ccsc1. The number of hydrogen-bond donors (Lipinski definition) is 0. The lowest BCUT2D eigenvalue weighted by atomic mass is 10.1. The van der Waals surface area contributed by atoms with Crippen molar-refractivity contribution in [2.24, 2.45) is 11.3 Å². The Balaban J connectivity index is 2.39. The van der Waals surface area contributed by atoms with Crippen LogP contribution in [0.25, 0.3) is 0 Å². The molecule has 0 nitrogen and oxygen atoms in total. The van der Waals surface area contributed by atoms with E-state index in [0.29, 0.717) is 5.92 Å². The van der Waals surface area contributed by atoms with Crippen molar-refractivity contribution >= 4 is 22.9 Å². The maximum Gasteiger partial charge on any atom is 0.0788 e. The van der Waals surface area contributed by atoms with E-state index in [-0.39, 0.29) is 10.3 Å². The minimum absolute atomic E-state index is 0.0903. The summed E-state index contributed by atoms with van der Waals surface area (Å²) in [5.74, 6) is 0.585. The van der Waals surface area contributed by atoms with Crippen LogP contribution in [0, 0.1) is 11.3 Å². The first-order valence-corrected chi connectivity index (χ1v) is 5.55. The van der Waals surface area contributed by atoms with Crippen molar-refractivity contribution in [3.05, 3.63) is 22.4 Å². The average Bonchev–Trinajstić information content (AvgIpc) is 2.53. The summed E-state index contributed by atoms with van der Waals surface area (Å²) >= 11 is 8.28. The van der Waals surface area contributed by atoms with Crippen LogP contribution in [-0.4, -0.2) is 0 Å². The van der Waals surface area contributed by atoms with Crippen LogP contribution in [0.5, 0.6) is 0 Å². The van der Waals surface area contributed by atoms with Crippen LogP contribution in [-0.2, 0) is 4.87 Å². The van der Waals surface area contributed by atoms with E-state index in [4.69, 9.17) is 11.6 Å². The molecule has 0 saturated heterocycles. The Morgan fingerprint density at radius 3 is 2.42 bits per heavy atom. The van der Waals surface area contributed by atoms with Gasteiger partial charge < -0.3 is 0 Å². The van der Waals surface area contributed by atoms with Crippen LogP contribution in [0.2, 0.25) is 0 Å². The van der Waals surface area contributed by atoms with Gasteiger partial charge in [0, 0.05) is 0 Å². The van der Waals surface area contributed by atoms with Crippen molar-refractivity contribution in [3.8, 4) is 0 Å². The van der Waals surface area contributed by atoms with E-state index < -0.39 is 0 Å². The molecule has 0 bridgehead atoms. The van der Waals surface area contributed by atoms with Crippen molar-refractivity contribution in [2.75, 3.05) is 0 Å². The molecule has 1 aliphatic carbocycles. The summed E-state index contributed by atoms with van der Waals surface area (Å²) in [5.41, 5.74) is 1.56. The smallest absolute Gasteiger partial charge is 0.0788 e. The van der Waals surface area contributed by atoms with Gasteiger partial charge in [-0.2, -0.15) is 11.3 Å². The zero-order valence-corrected chi connectivity index (χ0v) is 9.17. The second-order valence-corrected chi connectivity index (χ2v) is 5.54. The van der Waals surface area contributed by atoms with Gasteiger partial charge >= 0.3 is 0 Å². The van der Waals surface area contributed by atoms with Crippen LogP contribution >= 0.6 is 22.9 Å². The zero-order chi connectivity index (χ0) is 8.98. The topological polar surface area (TPSA) is 0 Å². The molecule has 0 N–H and O–H groups in total. The molecule has 2 rings (SSSR count). The predicted octanol–water partition coefficient (Wildman–Crippen LogP) is 3.86. The van der Waals surface area contributed by atoms with Crippen LogP contribution < -0.4 is 0 Å². The summed E-state index contributed by atoms with van der Waals surface area (Å²) < 4.78 is 0. The summed E-state index contributed by atoms with van der Waals surface area (Å²) in [7, 11) is 0. The van der Waals surface area contributed by atoms with Crippen molar-refractivity contribution in [1.82, 2.24) is 0 Å². The average molecular weight is 201 g/mol. The molecule has 1 saturated carbocycles. The highest BCUT2D eigenvalue weighted by Gasteiger charge is 2.68. The summed E-state index contributed by atoms with van der Waals surface area (Å²) in [6.45, 7) is 6.70. The molecule has 0 radical (unpaired) electrons. The van der Waals surface area contributed by atoms with Gasteiger partial charge in [-0.1, -0.05) is 20.8 Å².